The van der Waals surface area contributed by atoms with Crippen LogP contribution in [0.2, 0.25) is 0 Å². The molecule has 4 rings (SSSR count). The predicted octanol–water partition coefficient (Wildman–Crippen LogP) is 3.25. The Bertz CT molecular complexity index is 940. The van der Waals surface area contributed by atoms with Crippen molar-refractivity contribution in [3.05, 3.63) is 34.7 Å². The number of hydrogen-bond donors (Lipinski definition) is 2. The average molecular weight is 343 g/mol. The van der Waals surface area contributed by atoms with E-state index >= 15 is 0 Å². The molecule has 0 aliphatic carbocycles. The van der Waals surface area contributed by atoms with Crippen LogP contribution in [0.5, 0.6) is 11.5 Å². The van der Waals surface area contributed by atoms with E-state index in [9.17, 15) is 0 Å². The summed E-state index contributed by atoms with van der Waals surface area (Å²) in [5.41, 5.74) is 2.67. The highest BCUT2D eigenvalue weighted by atomic mass is 32.1. The number of rotatable bonds is 4. The van der Waals surface area contributed by atoms with E-state index in [4.69, 9.17) is 21.7 Å². The van der Waals surface area contributed by atoms with Crippen LogP contribution in [-0.2, 0) is 6.42 Å². The molecule has 0 saturated carbocycles. The fourth-order valence-corrected chi connectivity index (χ4v) is 2.99. The van der Waals surface area contributed by atoms with Gasteiger partial charge in [-0.25, -0.2) is 0 Å². The molecule has 124 valence electrons. The molecule has 2 aromatic heterocycles. The van der Waals surface area contributed by atoms with Crippen LogP contribution < -0.4 is 9.47 Å². The van der Waals surface area contributed by atoms with Crippen molar-refractivity contribution in [1.82, 2.24) is 25.0 Å². The Morgan fingerprint density at radius 1 is 1.17 bits per heavy atom. The van der Waals surface area contributed by atoms with Crippen molar-refractivity contribution in [2.24, 2.45) is 5.92 Å². The van der Waals surface area contributed by atoms with Gasteiger partial charge in [-0.15, -0.1) is 0 Å². The maximum atomic E-state index is 5.45. The summed E-state index contributed by atoms with van der Waals surface area (Å²) in [6.07, 6.45) is 0.933. The van der Waals surface area contributed by atoms with Gasteiger partial charge in [0.2, 0.25) is 6.79 Å². The largest absolute Gasteiger partial charge is 0.454 e. The highest BCUT2D eigenvalue weighted by Crippen LogP contribution is 2.34. The molecule has 0 spiro atoms. The molecule has 1 aliphatic heterocycles. The third-order valence-corrected chi connectivity index (χ3v) is 4.05. The minimum atomic E-state index is 0.236. The third-order valence-electron chi connectivity index (χ3n) is 3.77. The lowest BCUT2D eigenvalue weighted by atomic mass is 10.1. The summed E-state index contributed by atoms with van der Waals surface area (Å²) < 4.78 is 13.1. The maximum absolute atomic E-state index is 5.45. The topological polar surface area (TPSA) is 80.8 Å². The number of nitrogens with zero attached hydrogens (tertiary/aromatic N) is 3. The Balaban J connectivity index is 1.76. The monoisotopic (exact) mass is 343 g/mol. The van der Waals surface area contributed by atoms with E-state index < -0.39 is 0 Å². The number of hydrogen-bond acceptors (Lipinski definition) is 5. The Hall–Kier alpha value is -2.61. The van der Waals surface area contributed by atoms with Crippen LogP contribution in [0.4, 0.5) is 0 Å². The summed E-state index contributed by atoms with van der Waals surface area (Å²) in [5, 5.41) is 14.6. The lowest BCUT2D eigenvalue weighted by Gasteiger charge is -2.06. The molecule has 1 aromatic carbocycles. The van der Waals surface area contributed by atoms with Crippen LogP contribution in [0.25, 0.3) is 17.2 Å². The molecule has 0 saturated heterocycles. The minimum absolute atomic E-state index is 0.236. The van der Waals surface area contributed by atoms with Crippen molar-refractivity contribution in [1.29, 1.82) is 0 Å². The number of ether oxygens (including phenoxy) is 2. The highest BCUT2D eigenvalue weighted by molar-refractivity contribution is 7.71. The number of fused-ring (bicyclic) bond motifs is 1. The van der Waals surface area contributed by atoms with Gasteiger partial charge in [0.1, 0.15) is 5.69 Å². The quantitative estimate of drug-likeness (QED) is 0.711. The summed E-state index contributed by atoms with van der Waals surface area (Å²) in [6, 6.07) is 7.68. The van der Waals surface area contributed by atoms with Crippen molar-refractivity contribution < 1.29 is 9.47 Å². The summed E-state index contributed by atoms with van der Waals surface area (Å²) in [4.78, 5) is 0. The van der Waals surface area contributed by atoms with Crippen LogP contribution in [-0.4, -0.2) is 31.8 Å². The normalized spacial score (nSPS) is 13.0. The molecular formula is C16H17N5O2S. The molecule has 0 fully saturated rings. The van der Waals surface area contributed by atoms with E-state index in [1.165, 1.54) is 0 Å². The first-order chi connectivity index (χ1) is 11.6. The van der Waals surface area contributed by atoms with Crippen molar-refractivity contribution in [2.75, 3.05) is 6.79 Å². The fraction of sp³-hybridized carbons (Fsp3) is 0.312. The summed E-state index contributed by atoms with van der Waals surface area (Å²) in [7, 11) is 0. The third kappa shape index (κ3) is 2.58. The van der Waals surface area contributed by atoms with Crippen LogP contribution in [0.15, 0.2) is 24.3 Å². The molecule has 1 aliphatic rings. The van der Waals surface area contributed by atoms with Crippen LogP contribution in [0.1, 0.15) is 19.5 Å². The van der Waals surface area contributed by atoms with Gasteiger partial charge in [0, 0.05) is 11.8 Å². The molecule has 2 N–H and O–H groups in total. The van der Waals surface area contributed by atoms with Crippen molar-refractivity contribution >= 4 is 12.2 Å². The van der Waals surface area contributed by atoms with E-state index in [1.54, 1.807) is 0 Å². The standard InChI is InChI=1S/C16H17N5O2S/c1-9(2)5-10-6-12(18-17-10)15-19-20-16(24)21(15)11-3-4-13-14(7-11)23-8-22-13/h3-4,6-7,9H,5,8H2,1-2H3,(H,17,18)(H,20,24). The van der Waals surface area contributed by atoms with Gasteiger partial charge in [0.15, 0.2) is 22.1 Å². The SMILES string of the molecule is CC(C)Cc1cc(-c2n[nH]c(=S)n2-c2ccc3c(c2)OCO3)n[nH]1. The first kappa shape index (κ1) is 14.9. The summed E-state index contributed by atoms with van der Waals surface area (Å²) in [6.45, 7) is 4.58. The zero-order valence-corrected chi connectivity index (χ0v) is 14.2. The summed E-state index contributed by atoms with van der Waals surface area (Å²) in [5.74, 6) is 2.64. The minimum Gasteiger partial charge on any atom is -0.454 e. The van der Waals surface area contributed by atoms with E-state index in [2.05, 4.69) is 34.2 Å². The zero-order chi connectivity index (χ0) is 16.7. The molecule has 0 amide bonds. The smallest absolute Gasteiger partial charge is 0.231 e. The second kappa shape index (κ2) is 5.79. The number of H-pyrrole nitrogens is 2. The molecule has 24 heavy (non-hydrogen) atoms. The molecule has 7 nitrogen and oxygen atoms in total. The van der Waals surface area contributed by atoms with Crippen LogP contribution in [0.3, 0.4) is 0 Å². The van der Waals surface area contributed by atoms with Gasteiger partial charge in [0.25, 0.3) is 0 Å². The Kier molecular flexibility index (Phi) is 3.61. The first-order valence-corrected chi connectivity index (χ1v) is 8.15. The lowest BCUT2D eigenvalue weighted by Crippen LogP contribution is -1.98. The van der Waals surface area contributed by atoms with Gasteiger partial charge >= 0.3 is 0 Å². The second-order valence-corrected chi connectivity index (χ2v) is 6.49. The highest BCUT2D eigenvalue weighted by Gasteiger charge is 2.18. The lowest BCUT2D eigenvalue weighted by molar-refractivity contribution is 0.174. The fourth-order valence-electron chi connectivity index (χ4n) is 2.75. The number of aromatic amines is 2. The number of aromatic nitrogens is 5. The molecule has 8 heteroatoms. The van der Waals surface area contributed by atoms with Crippen LogP contribution >= 0.6 is 12.2 Å². The van der Waals surface area contributed by atoms with Gasteiger partial charge < -0.3 is 9.47 Å². The molecule has 3 aromatic rings. The first-order valence-electron chi connectivity index (χ1n) is 7.74. The van der Waals surface area contributed by atoms with E-state index in [0.29, 0.717) is 22.3 Å². The average Bonchev–Trinajstić information content (AvgIpc) is 3.24. The second-order valence-electron chi connectivity index (χ2n) is 6.10. The van der Waals surface area contributed by atoms with Gasteiger partial charge in [-0.3, -0.25) is 14.8 Å². The molecule has 0 atom stereocenters. The number of nitrogens with one attached hydrogen (secondary N) is 2. The molecule has 0 radical (unpaired) electrons. The molecular weight excluding hydrogens is 326 g/mol. The van der Waals surface area contributed by atoms with Crippen molar-refractivity contribution in [3.8, 4) is 28.7 Å². The van der Waals surface area contributed by atoms with Gasteiger partial charge in [0.05, 0.1) is 5.69 Å². The maximum Gasteiger partial charge on any atom is 0.231 e. The Labute approximate surface area is 143 Å². The van der Waals surface area contributed by atoms with Gasteiger partial charge in [-0.2, -0.15) is 10.2 Å². The molecule has 0 bridgehead atoms. The summed E-state index contributed by atoms with van der Waals surface area (Å²) >= 11 is 5.39. The molecule has 0 unspecified atom stereocenters. The zero-order valence-electron chi connectivity index (χ0n) is 13.4. The van der Waals surface area contributed by atoms with E-state index in [-0.39, 0.29) is 6.79 Å². The van der Waals surface area contributed by atoms with Crippen molar-refractivity contribution in [3.63, 3.8) is 0 Å². The number of benzene rings is 1. The Morgan fingerprint density at radius 3 is 2.83 bits per heavy atom. The molecule has 3 heterocycles. The van der Waals surface area contributed by atoms with Gasteiger partial charge in [-0.05, 0) is 42.8 Å². The van der Waals surface area contributed by atoms with Crippen molar-refractivity contribution in [2.45, 2.75) is 20.3 Å². The van der Waals surface area contributed by atoms with Crippen LogP contribution in [0, 0.1) is 10.7 Å². The Morgan fingerprint density at radius 2 is 2.00 bits per heavy atom. The van der Waals surface area contributed by atoms with Gasteiger partial charge in [-0.1, -0.05) is 13.8 Å². The van der Waals surface area contributed by atoms with E-state index in [1.807, 2.05) is 28.8 Å². The predicted molar refractivity (Wildman–Crippen MR) is 91.0 cm³/mol. The van der Waals surface area contributed by atoms with E-state index in [0.717, 1.165) is 29.2 Å².